The lowest BCUT2D eigenvalue weighted by atomic mass is 9.96. The Labute approximate surface area is 196 Å². The molecule has 1 aromatic carbocycles. The Balaban J connectivity index is 1.51. The molecule has 1 fully saturated rings. The zero-order valence-electron chi connectivity index (χ0n) is 18.8. The van der Waals surface area contributed by atoms with Crippen molar-refractivity contribution in [2.24, 2.45) is 0 Å². The minimum absolute atomic E-state index is 0.314. The Morgan fingerprint density at radius 3 is 2.62 bits per heavy atom. The average Bonchev–Trinajstić information content (AvgIpc) is 3.53. The van der Waals surface area contributed by atoms with Crippen molar-refractivity contribution in [2.45, 2.75) is 12.5 Å². The Bertz CT molecular complexity index is 1490. The molecule has 1 aliphatic heterocycles. The summed E-state index contributed by atoms with van der Waals surface area (Å²) in [5.41, 5.74) is 5.18. The quantitative estimate of drug-likeness (QED) is 0.375. The molecular formula is C27H23FN6. The summed E-state index contributed by atoms with van der Waals surface area (Å²) in [5.74, 6) is -0.314. The number of hydrogen-bond donors (Lipinski definition) is 0. The SMILES string of the molecule is CN1CC[C@@H](n2cc(-c3ncccc3-c3cc(-c4ccccc4F)nc4ncccc34)cn2)C1. The smallest absolute Gasteiger partial charge is 0.160 e. The predicted molar refractivity (Wildman–Crippen MR) is 131 cm³/mol. The first-order chi connectivity index (χ1) is 16.7. The van der Waals surface area contributed by atoms with Crippen molar-refractivity contribution in [3.63, 3.8) is 0 Å². The molecule has 0 radical (unpaired) electrons. The summed E-state index contributed by atoms with van der Waals surface area (Å²) in [6.07, 6.45) is 8.54. The van der Waals surface area contributed by atoms with E-state index in [1.54, 1.807) is 24.5 Å². The molecule has 1 atom stereocenters. The second-order valence-electron chi connectivity index (χ2n) is 8.72. The van der Waals surface area contributed by atoms with Crippen molar-refractivity contribution in [3.8, 4) is 33.6 Å². The number of halogens is 1. The van der Waals surface area contributed by atoms with E-state index in [2.05, 4.69) is 33.2 Å². The average molecular weight is 451 g/mol. The third-order valence-corrected chi connectivity index (χ3v) is 6.45. The van der Waals surface area contributed by atoms with Gasteiger partial charge in [0.05, 0.1) is 23.6 Å². The van der Waals surface area contributed by atoms with Crippen LogP contribution in [-0.4, -0.2) is 49.8 Å². The summed E-state index contributed by atoms with van der Waals surface area (Å²) < 4.78 is 16.7. The molecule has 6 nitrogen and oxygen atoms in total. The molecule has 1 aliphatic rings. The topological polar surface area (TPSA) is 59.7 Å². The standard InChI is InChI=1S/C27H23FN6/c1-33-13-10-19(17-33)34-16-18(15-31-34)26-20(7-4-11-29-26)23-14-25(22-6-2-3-9-24(22)28)32-27-21(23)8-5-12-30-27/h2-9,11-12,14-16,19H,10,13,17H2,1H3/t19-/m1/s1. The Hall–Kier alpha value is -3.97. The first-order valence-corrected chi connectivity index (χ1v) is 11.4. The fraction of sp³-hybridized carbons (Fsp3) is 0.185. The number of benzene rings is 1. The van der Waals surface area contributed by atoms with Gasteiger partial charge in [-0.2, -0.15) is 5.10 Å². The highest BCUT2D eigenvalue weighted by atomic mass is 19.1. The molecule has 0 unspecified atom stereocenters. The summed E-state index contributed by atoms with van der Waals surface area (Å²) >= 11 is 0. The largest absolute Gasteiger partial charge is 0.304 e. The van der Waals surface area contributed by atoms with Crippen molar-refractivity contribution in [3.05, 3.63) is 85.2 Å². The molecule has 0 saturated carbocycles. The van der Waals surface area contributed by atoms with Crippen LogP contribution >= 0.6 is 0 Å². The molecule has 34 heavy (non-hydrogen) atoms. The molecule has 6 rings (SSSR count). The lowest BCUT2D eigenvalue weighted by molar-refractivity contribution is 0.382. The maximum Gasteiger partial charge on any atom is 0.160 e. The van der Waals surface area contributed by atoms with Crippen LogP contribution in [0.3, 0.4) is 0 Å². The van der Waals surface area contributed by atoms with Gasteiger partial charge in [-0.3, -0.25) is 9.67 Å². The molecule has 0 bridgehead atoms. The van der Waals surface area contributed by atoms with Crippen LogP contribution < -0.4 is 0 Å². The van der Waals surface area contributed by atoms with Gasteiger partial charge in [-0.25, -0.2) is 14.4 Å². The highest BCUT2D eigenvalue weighted by Gasteiger charge is 2.23. The number of likely N-dealkylation sites (tertiary alicyclic amines) is 1. The van der Waals surface area contributed by atoms with E-state index in [-0.39, 0.29) is 5.82 Å². The third-order valence-electron chi connectivity index (χ3n) is 6.45. The Morgan fingerprint density at radius 2 is 1.76 bits per heavy atom. The van der Waals surface area contributed by atoms with E-state index < -0.39 is 0 Å². The summed E-state index contributed by atoms with van der Waals surface area (Å²) in [6, 6.07) is 16.8. The molecule has 1 saturated heterocycles. The fourth-order valence-corrected chi connectivity index (χ4v) is 4.73. The first-order valence-electron chi connectivity index (χ1n) is 11.4. The van der Waals surface area contributed by atoms with Crippen LogP contribution in [0.4, 0.5) is 4.39 Å². The van der Waals surface area contributed by atoms with Crippen LogP contribution in [0, 0.1) is 5.82 Å². The molecule has 0 amide bonds. The fourth-order valence-electron chi connectivity index (χ4n) is 4.73. The van der Waals surface area contributed by atoms with Crippen LogP contribution in [0.2, 0.25) is 0 Å². The number of pyridine rings is 3. The van der Waals surface area contributed by atoms with Crippen molar-refractivity contribution < 1.29 is 4.39 Å². The van der Waals surface area contributed by atoms with Gasteiger partial charge in [0.15, 0.2) is 5.65 Å². The Morgan fingerprint density at radius 1 is 0.941 bits per heavy atom. The van der Waals surface area contributed by atoms with Gasteiger partial charge >= 0.3 is 0 Å². The minimum atomic E-state index is -0.314. The van der Waals surface area contributed by atoms with Gasteiger partial charge in [-0.05, 0) is 62.0 Å². The van der Waals surface area contributed by atoms with Crippen LogP contribution in [-0.2, 0) is 0 Å². The zero-order valence-corrected chi connectivity index (χ0v) is 18.8. The molecule has 5 heterocycles. The Kier molecular flexibility index (Phi) is 5.11. The van der Waals surface area contributed by atoms with Gasteiger partial charge in [0, 0.05) is 47.2 Å². The van der Waals surface area contributed by atoms with Crippen LogP contribution in [0.25, 0.3) is 44.7 Å². The predicted octanol–water partition coefficient (Wildman–Crippen LogP) is 5.24. The molecule has 7 heteroatoms. The van der Waals surface area contributed by atoms with E-state index in [0.29, 0.717) is 22.9 Å². The van der Waals surface area contributed by atoms with Crippen LogP contribution in [0.15, 0.2) is 79.4 Å². The normalized spacial score (nSPS) is 16.4. The lowest BCUT2D eigenvalue weighted by Gasteiger charge is -2.13. The first kappa shape index (κ1) is 20.6. The highest BCUT2D eigenvalue weighted by molar-refractivity contribution is 5.98. The molecule has 0 aliphatic carbocycles. The van der Waals surface area contributed by atoms with Gasteiger partial charge in [-0.1, -0.05) is 18.2 Å². The van der Waals surface area contributed by atoms with Crippen molar-refractivity contribution in [1.29, 1.82) is 0 Å². The highest BCUT2D eigenvalue weighted by Crippen LogP contribution is 2.37. The van der Waals surface area contributed by atoms with Gasteiger partial charge in [0.2, 0.25) is 0 Å². The van der Waals surface area contributed by atoms with Gasteiger partial charge in [0.1, 0.15) is 5.82 Å². The second kappa shape index (κ2) is 8.43. The van der Waals surface area contributed by atoms with Crippen molar-refractivity contribution in [1.82, 2.24) is 29.6 Å². The number of rotatable bonds is 4. The molecule has 168 valence electrons. The molecule has 0 N–H and O–H groups in total. The molecular weight excluding hydrogens is 427 g/mol. The van der Waals surface area contributed by atoms with E-state index in [9.17, 15) is 4.39 Å². The van der Waals surface area contributed by atoms with Crippen LogP contribution in [0.1, 0.15) is 12.5 Å². The third kappa shape index (κ3) is 3.64. The number of hydrogen-bond acceptors (Lipinski definition) is 5. The van der Waals surface area contributed by atoms with Gasteiger partial charge < -0.3 is 4.90 Å². The summed E-state index contributed by atoms with van der Waals surface area (Å²) in [5, 5.41) is 5.55. The molecule has 5 aromatic rings. The summed E-state index contributed by atoms with van der Waals surface area (Å²) in [6.45, 7) is 2.06. The summed E-state index contributed by atoms with van der Waals surface area (Å²) in [4.78, 5) is 16.2. The van der Waals surface area contributed by atoms with E-state index in [4.69, 9.17) is 4.98 Å². The number of fused-ring (bicyclic) bond motifs is 1. The monoisotopic (exact) mass is 450 g/mol. The number of likely N-dealkylation sites (N-methyl/N-ethyl adjacent to an activating group) is 1. The van der Waals surface area contributed by atoms with E-state index >= 15 is 0 Å². The van der Waals surface area contributed by atoms with E-state index in [1.807, 2.05) is 47.3 Å². The van der Waals surface area contributed by atoms with Gasteiger partial charge in [0.25, 0.3) is 0 Å². The van der Waals surface area contributed by atoms with Gasteiger partial charge in [-0.15, -0.1) is 0 Å². The maximum atomic E-state index is 14.6. The van der Waals surface area contributed by atoms with Crippen molar-refractivity contribution >= 4 is 11.0 Å². The minimum Gasteiger partial charge on any atom is -0.304 e. The second-order valence-corrected chi connectivity index (χ2v) is 8.72. The molecule has 0 spiro atoms. The van der Waals surface area contributed by atoms with Crippen LogP contribution in [0.5, 0.6) is 0 Å². The lowest BCUT2D eigenvalue weighted by Crippen LogP contribution is -2.16. The van der Waals surface area contributed by atoms with E-state index in [0.717, 1.165) is 47.3 Å². The van der Waals surface area contributed by atoms with E-state index in [1.165, 1.54) is 6.07 Å². The summed E-state index contributed by atoms with van der Waals surface area (Å²) in [7, 11) is 2.14. The maximum absolute atomic E-state index is 14.6. The number of nitrogens with zero attached hydrogens (tertiary/aromatic N) is 6. The number of aromatic nitrogens is 5. The zero-order chi connectivity index (χ0) is 23.1. The van der Waals surface area contributed by atoms with Crippen molar-refractivity contribution in [2.75, 3.05) is 20.1 Å². The molecule has 4 aromatic heterocycles.